The highest BCUT2D eigenvalue weighted by atomic mass is 16.4. The minimum atomic E-state index is -0.882. The van der Waals surface area contributed by atoms with Gasteiger partial charge in [-0.05, 0) is 56.7 Å². The van der Waals surface area contributed by atoms with Gasteiger partial charge in [-0.2, -0.15) is 0 Å². The third-order valence-electron chi connectivity index (χ3n) is 5.01. The zero-order valence-electron chi connectivity index (χ0n) is 11.7. The molecular formula is C15H22N2O3. The minimum absolute atomic E-state index is 0.133. The number of aliphatic carboxylic acids is 1. The zero-order valence-corrected chi connectivity index (χ0v) is 11.7. The third kappa shape index (κ3) is 2.59. The van der Waals surface area contributed by atoms with E-state index in [0.717, 1.165) is 13.0 Å². The summed E-state index contributed by atoms with van der Waals surface area (Å²) in [6.07, 6.45) is 7.46. The van der Waals surface area contributed by atoms with Gasteiger partial charge >= 0.3 is 5.97 Å². The molecule has 0 aromatic carbocycles. The molecule has 4 rings (SSSR count). The summed E-state index contributed by atoms with van der Waals surface area (Å²) in [5.74, 6) is 0.156. The van der Waals surface area contributed by atoms with Gasteiger partial charge in [0.25, 0.3) is 0 Å². The van der Waals surface area contributed by atoms with Crippen molar-refractivity contribution in [3.8, 4) is 0 Å². The van der Waals surface area contributed by atoms with Gasteiger partial charge in [-0.1, -0.05) is 6.08 Å². The smallest absolute Gasteiger partial charge is 0.326 e. The highest BCUT2D eigenvalue weighted by molar-refractivity contribution is 5.91. The van der Waals surface area contributed by atoms with Gasteiger partial charge in [0.2, 0.25) is 5.91 Å². The van der Waals surface area contributed by atoms with Crippen molar-refractivity contribution in [1.29, 1.82) is 0 Å². The number of carboxylic acid groups (broad SMARTS) is 1. The highest BCUT2D eigenvalue weighted by Gasteiger charge is 2.34. The number of carbonyl (C=O) groups is 2. The Morgan fingerprint density at radius 1 is 1.10 bits per heavy atom. The molecule has 1 N–H and O–H groups in total. The molecule has 20 heavy (non-hydrogen) atoms. The lowest BCUT2D eigenvalue weighted by molar-refractivity contribution is -0.146. The molecular weight excluding hydrogens is 256 g/mol. The first-order valence-corrected chi connectivity index (χ1v) is 7.59. The molecule has 4 saturated heterocycles. The largest absolute Gasteiger partial charge is 0.480 e. The van der Waals surface area contributed by atoms with Crippen molar-refractivity contribution in [2.75, 3.05) is 26.2 Å². The molecule has 0 aromatic rings. The third-order valence-corrected chi connectivity index (χ3v) is 5.01. The maximum atomic E-state index is 12.2. The van der Waals surface area contributed by atoms with Crippen molar-refractivity contribution < 1.29 is 14.7 Å². The van der Waals surface area contributed by atoms with E-state index >= 15 is 0 Å². The van der Waals surface area contributed by atoms with Gasteiger partial charge in [0.15, 0.2) is 0 Å². The summed E-state index contributed by atoms with van der Waals surface area (Å²) in [7, 11) is 0. The molecule has 5 heteroatoms. The second-order valence-electron chi connectivity index (χ2n) is 6.19. The van der Waals surface area contributed by atoms with Crippen LogP contribution in [0.3, 0.4) is 0 Å². The maximum Gasteiger partial charge on any atom is 0.326 e. The number of piperidine rings is 3. The Morgan fingerprint density at radius 3 is 2.45 bits per heavy atom. The van der Waals surface area contributed by atoms with Crippen LogP contribution in [-0.2, 0) is 9.59 Å². The fourth-order valence-corrected chi connectivity index (χ4v) is 3.82. The number of hydrogen-bond donors (Lipinski definition) is 1. The van der Waals surface area contributed by atoms with E-state index in [1.165, 1.54) is 30.8 Å². The quantitative estimate of drug-likeness (QED) is 0.781. The molecule has 110 valence electrons. The Labute approximate surface area is 119 Å². The fourth-order valence-electron chi connectivity index (χ4n) is 3.82. The Hall–Kier alpha value is -1.36. The number of fused-ring (bicyclic) bond motifs is 3. The Kier molecular flexibility index (Phi) is 3.78. The predicted octanol–water partition coefficient (Wildman–Crippen LogP) is 0.960. The van der Waals surface area contributed by atoms with E-state index < -0.39 is 12.0 Å². The van der Waals surface area contributed by atoms with Crippen molar-refractivity contribution in [1.82, 2.24) is 9.80 Å². The Bertz CT molecular complexity index is 427. The van der Waals surface area contributed by atoms with Crippen LogP contribution < -0.4 is 0 Å². The fraction of sp³-hybridized carbons (Fsp3) is 0.733. The average molecular weight is 278 g/mol. The summed E-state index contributed by atoms with van der Waals surface area (Å²) in [6, 6.07) is -0.626. The van der Waals surface area contributed by atoms with Gasteiger partial charge in [-0.25, -0.2) is 4.79 Å². The number of nitrogens with zero attached hydrogens (tertiary/aromatic N) is 2. The van der Waals surface area contributed by atoms with Gasteiger partial charge in [-0.15, -0.1) is 0 Å². The first kappa shape index (κ1) is 13.6. The summed E-state index contributed by atoms with van der Waals surface area (Å²) in [5, 5.41) is 9.11. The van der Waals surface area contributed by atoms with Crippen LogP contribution in [0.2, 0.25) is 0 Å². The molecule has 5 nitrogen and oxygen atoms in total. The van der Waals surface area contributed by atoms with Crippen molar-refractivity contribution in [3.63, 3.8) is 0 Å². The molecule has 0 radical (unpaired) electrons. The summed E-state index contributed by atoms with van der Waals surface area (Å²) in [6.45, 7) is 4.00. The lowest BCUT2D eigenvalue weighted by Gasteiger charge is -2.43. The summed E-state index contributed by atoms with van der Waals surface area (Å²) < 4.78 is 0. The van der Waals surface area contributed by atoms with Crippen molar-refractivity contribution in [2.45, 2.75) is 31.7 Å². The van der Waals surface area contributed by atoms with E-state index in [4.69, 9.17) is 5.11 Å². The van der Waals surface area contributed by atoms with Crippen LogP contribution in [0, 0.1) is 11.8 Å². The average Bonchev–Trinajstić information content (AvgIpc) is 2.96. The first-order chi connectivity index (χ1) is 9.65. The van der Waals surface area contributed by atoms with Crippen LogP contribution >= 0.6 is 0 Å². The number of carbonyl (C=O) groups excluding carboxylic acids is 1. The normalized spacial score (nSPS) is 36.7. The summed E-state index contributed by atoms with van der Waals surface area (Å²) in [5.41, 5.74) is 0. The van der Waals surface area contributed by atoms with Gasteiger partial charge in [0.05, 0.1) is 0 Å². The molecule has 0 spiro atoms. The number of hydrogen-bond acceptors (Lipinski definition) is 3. The maximum absolute atomic E-state index is 12.2. The van der Waals surface area contributed by atoms with E-state index in [0.29, 0.717) is 24.8 Å². The molecule has 4 aliphatic heterocycles. The van der Waals surface area contributed by atoms with Crippen LogP contribution in [0.5, 0.6) is 0 Å². The molecule has 0 aromatic heterocycles. The summed E-state index contributed by atoms with van der Waals surface area (Å²) >= 11 is 0. The lowest BCUT2D eigenvalue weighted by atomic mass is 9.79. The predicted molar refractivity (Wildman–Crippen MR) is 74.2 cm³/mol. The molecule has 0 aliphatic carbocycles. The molecule has 2 unspecified atom stereocenters. The van der Waals surface area contributed by atoms with Gasteiger partial charge < -0.3 is 14.9 Å². The molecule has 2 bridgehead atoms. The van der Waals surface area contributed by atoms with Crippen LogP contribution in [0.25, 0.3) is 0 Å². The zero-order chi connectivity index (χ0) is 14.1. The Balaban J connectivity index is 1.61. The SMILES string of the molecule is O=C(O)C1CCCN1C(=O)/C=C/C1CN2CCC1CC2. The van der Waals surface area contributed by atoms with Crippen LogP contribution in [0.4, 0.5) is 0 Å². The molecule has 4 heterocycles. The van der Waals surface area contributed by atoms with Crippen molar-refractivity contribution >= 4 is 11.9 Å². The van der Waals surface area contributed by atoms with Crippen LogP contribution in [0.15, 0.2) is 12.2 Å². The second kappa shape index (κ2) is 5.56. The molecule has 4 aliphatic rings. The van der Waals surface area contributed by atoms with E-state index in [9.17, 15) is 9.59 Å². The number of amides is 1. The number of likely N-dealkylation sites (tertiary alicyclic amines) is 1. The molecule has 1 amide bonds. The van der Waals surface area contributed by atoms with Crippen LogP contribution in [-0.4, -0.2) is 59.0 Å². The monoisotopic (exact) mass is 278 g/mol. The molecule has 2 atom stereocenters. The van der Waals surface area contributed by atoms with Crippen molar-refractivity contribution in [3.05, 3.63) is 12.2 Å². The highest BCUT2D eigenvalue weighted by Crippen LogP contribution is 2.33. The van der Waals surface area contributed by atoms with Crippen LogP contribution in [0.1, 0.15) is 25.7 Å². The molecule has 4 fully saturated rings. The summed E-state index contributed by atoms with van der Waals surface area (Å²) in [4.78, 5) is 27.2. The molecule has 0 saturated carbocycles. The lowest BCUT2D eigenvalue weighted by Crippen LogP contribution is -2.46. The Morgan fingerprint density at radius 2 is 1.85 bits per heavy atom. The second-order valence-corrected chi connectivity index (χ2v) is 6.19. The minimum Gasteiger partial charge on any atom is -0.480 e. The van der Waals surface area contributed by atoms with Crippen molar-refractivity contribution in [2.24, 2.45) is 11.8 Å². The van der Waals surface area contributed by atoms with Gasteiger partial charge in [0.1, 0.15) is 6.04 Å². The van der Waals surface area contributed by atoms with E-state index in [-0.39, 0.29) is 5.91 Å². The van der Waals surface area contributed by atoms with E-state index in [1.807, 2.05) is 6.08 Å². The topological polar surface area (TPSA) is 60.9 Å². The standard InChI is InChI=1S/C15H22N2O3/c18-14(17-7-1-2-13(17)15(19)20)4-3-12-10-16-8-5-11(12)6-9-16/h3-4,11-13H,1-2,5-10H2,(H,19,20)/b4-3+. The van der Waals surface area contributed by atoms with E-state index in [1.54, 1.807) is 6.08 Å². The van der Waals surface area contributed by atoms with Gasteiger partial charge in [-0.3, -0.25) is 4.79 Å². The van der Waals surface area contributed by atoms with Gasteiger partial charge in [0, 0.05) is 13.1 Å². The number of carboxylic acids is 1. The first-order valence-electron chi connectivity index (χ1n) is 7.59. The number of rotatable bonds is 3. The van der Waals surface area contributed by atoms with E-state index in [2.05, 4.69) is 4.90 Å².